The van der Waals surface area contributed by atoms with E-state index in [1.54, 1.807) is 7.11 Å². The summed E-state index contributed by atoms with van der Waals surface area (Å²) >= 11 is 0. The van der Waals surface area contributed by atoms with Crippen LogP contribution >= 0.6 is 0 Å². The van der Waals surface area contributed by atoms with E-state index in [1.807, 2.05) is 19.1 Å². The number of benzene rings is 1. The van der Waals surface area contributed by atoms with Gasteiger partial charge in [-0.05, 0) is 31.9 Å². The molecule has 0 saturated heterocycles. The average Bonchev–Trinajstić information content (AvgIpc) is 3.10. The predicted octanol–water partition coefficient (Wildman–Crippen LogP) is 3.14. The summed E-state index contributed by atoms with van der Waals surface area (Å²) in [6.45, 7) is 2.02. The van der Waals surface area contributed by atoms with Crippen molar-refractivity contribution in [1.29, 1.82) is 5.26 Å². The van der Waals surface area contributed by atoms with E-state index in [2.05, 4.69) is 6.07 Å². The Morgan fingerprint density at radius 1 is 1.43 bits per heavy atom. The van der Waals surface area contributed by atoms with Crippen LogP contribution in [0.4, 0.5) is 0 Å². The molecule has 2 unspecified atom stereocenters. The molecule has 0 spiro atoms. The third-order valence-corrected chi connectivity index (χ3v) is 4.78. The number of hydrogen-bond acceptors (Lipinski definition) is 4. The van der Waals surface area contributed by atoms with Crippen molar-refractivity contribution in [3.63, 3.8) is 0 Å². The number of rotatable bonds is 3. The van der Waals surface area contributed by atoms with Crippen LogP contribution in [0.25, 0.3) is 0 Å². The van der Waals surface area contributed by atoms with Gasteiger partial charge in [-0.15, -0.1) is 0 Å². The fraction of sp³-hybridized carbons (Fsp3) is 0.588. The van der Waals surface area contributed by atoms with E-state index in [9.17, 15) is 10.4 Å². The van der Waals surface area contributed by atoms with Gasteiger partial charge in [-0.1, -0.05) is 12.8 Å². The van der Waals surface area contributed by atoms with Crippen molar-refractivity contribution < 1.29 is 14.6 Å². The van der Waals surface area contributed by atoms with Crippen molar-refractivity contribution in [3.8, 4) is 17.6 Å². The number of aliphatic hydroxyl groups excluding tert-OH is 1. The number of fused-ring (bicyclic) bond motifs is 1. The van der Waals surface area contributed by atoms with Gasteiger partial charge in [0.05, 0.1) is 18.6 Å². The van der Waals surface area contributed by atoms with Crippen LogP contribution in [-0.4, -0.2) is 18.3 Å². The molecule has 0 radical (unpaired) electrons. The van der Waals surface area contributed by atoms with Crippen LogP contribution in [0, 0.1) is 16.7 Å². The van der Waals surface area contributed by atoms with Gasteiger partial charge in [-0.2, -0.15) is 5.26 Å². The minimum Gasteiger partial charge on any atom is -0.496 e. The van der Waals surface area contributed by atoms with Crippen LogP contribution in [0.5, 0.6) is 11.5 Å². The molecule has 2 aliphatic rings. The minimum absolute atomic E-state index is 0.147. The highest BCUT2D eigenvalue weighted by molar-refractivity contribution is 5.50. The first-order chi connectivity index (χ1) is 10.1. The largest absolute Gasteiger partial charge is 0.496 e. The Morgan fingerprint density at radius 3 is 2.76 bits per heavy atom. The van der Waals surface area contributed by atoms with Gasteiger partial charge in [0.2, 0.25) is 0 Å². The molecule has 1 N–H and O–H groups in total. The molecule has 112 valence electrons. The van der Waals surface area contributed by atoms with Crippen LogP contribution in [0.2, 0.25) is 0 Å². The normalized spacial score (nSPS) is 24.0. The van der Waals surface area contributed by atoms with Crippen LogP contribution in [0.3, 0.4) is 0 Å². The summed E-state index contributed by atoms with van der Waals surface area (Å²) in [6.07, 6.45) is 3.63. The number of methoxy groups -OCH3 is 1. The Bertz CT molecular complexity index is 584. The molecular formula is C17H21NO3. The molecule has 4 nitrogen and oxygen atoms in total. The summed E-state index contributed by atoms with van der Waals surface area (Å²) in [5.74, 6) is 1.46. The smallest absolute Gasteiger partial charge is 0.125 e. The molecule has 4 heteroatoms. The highest BCUT2D eigenvalue weighted by Gasteiger charge is 2.43. The van der Waals surface area contributed by atoms with E-state index in [4.69, 9.17) is 9.47 Å². The zero-order chi connectivity index (χ0) is 15.0. The van der Waals surface area contributed by atoms with Crippen LogP contribution in [-0.2, 0) is 6.42 Å². The Labute approximate surface area is 125 Å². The molecule has 1 aliphatic carbocycles. The Morgan fingerprint density at radius 2 is 2.14 bits per heavy atom. The van der Waals surface area contributed by atoms with Gasteiger partial charge >= 0.3 is 0 Å². The first-order valence-corrected chi connectivity index (χ1v) is 7.56. The Kier molecular flexibility index (Phi) is 3.54. The minimum atomic E-state index is -0.829. The number of hydrogen-bond donors (Lipinski definition) is 1. The lowest BCUT2D eigenvalue weighted by molar-refractivity contribution is 0.0645. The van der Waals surface area contributed by atoms with Crippen LogP contribution in [0.1, 0.15) is 49.8 Å². The Hall–Kier alpha value is -1.73. The maximum Gasteiger partial charge on any atom is 0.125 e. The monoisotopic (exact) mass is 287 g/mol. The molecule has 1 saturated carbocycles. The van der Waals surface area contributed by atoms with Crippen molar-refractivity contribution >= 4 is 0 Å². The molecule has 0 bridgehead atoms. The highest BCUT2D eigenvalue weighted by Crippen LogP contribution is 2.50. The second kappa shape index (κ2) is 5.23. The first kappa shape index (κ1) is 14.2. The van der Waals surface area contributed by atoms with Gasteiger partial charge in [-0.25, -0.2) is 0 Å². The zero-order valence-electron chi connectivity index (χ0n) is 12.6. The lowest BCUT2D eigenvalue weighted by Crippen LogP contribution is -2.24. The molecule has 0 amide bonds. The van der Waals surface area contributed by atoms with E-state index in [1.165, 1.54) is 0 Å². The maximum atomic E-state index is 10.8. The molecule has 1 aromatic rings. The van der Waals surface area contributed by atoms with E-state index in [0.717, 1.165) is 43.4 Å². The topological polar surface area (TPSA) is 62.5 Å². The second-order valence-electron chi connectivity index (χ2n) is 6.21. The Balaban J connectivity index is 2.02. The van der Waals surface area contributed by atoms with E-state index in [0.29, 0.717) is 11.3 Å². The van der Waals surface area contributed by atoms with E-state index in [-0.39, 0.29) is 6.10 Å². The summed E-state index contributed by atoms with van der Waals surface area (Å²) in [5, 5.41) is 20.4. The lowest BCUT2D eigenvalue weighted by atomic mass is 9.78. The van der Waals surface area contributed by atoms with E-state index < -0.39 is 11.5 Å². The first-order valence-electron chi connectivity index (χ1n) is 7.56. The van der Waals surface area contributed by atoms with E-state index >= 15 is 0 Å². The van der Waals surface area contributed by atoms with Crippen LogP contribution < -0.4 is 9.47 Å². The predicted molar refractivity (Wildman–Crippen MR) is 78.3 cm³/mol. The van der Waals surface area contributed by atoms with Crippen molar-refractivity contribution in [2.45, 2.75) is 51.2 Å². The van der Waals surface area contributed by atoms with Gasteiger partial charge in [0.15, 0.2) is 0 Å². The molecular weight excluding hydrogens is 266 g/mol. The standard InChI is InChI=1S/C17H21NO3/c1-11-7-12-8-15(20-2)13(9-14(12)21-11)16(19)17(10-18)5-3-4-6-17/h8-9,11,16,19H,3-7H2,1-2H3. The number of aliphatic hydroxyl groups is 1. The quantitative estimate of drug-likeness (QED) is 0.927. The summed E-state index contributed by atoms with van der Waals surface area (Å²) in [6, 6.07) is 6.16. The third-order valence-electron chi connectivity index (χ3n) is 4.78. The maximum absolute atomic E-state index is 10.8. The molecule has 1 aliphatic heterocycles. The van der Waals surface area contributed by atoms with Gasteiger partial charge in [0.1, 0.15) is 23.7 Å². The lowest BCUT2D eigenvalue weighted by Gasteiger charge is -2.28. The number of ether oxygens (including phenoxy) is 2. The molecule has 21 heavy (non-hydrogen) atoms. The molecule has 2 atom stereocenters. The second-order valence-corrected chi connectivity index (χ2v) is 6.21. The number of nitriles is 1. The zero-order valence-corrected chi connectivity index (χ0v) is 12.6. The van der Waals surface area contributed by atoms with Gasteiger partial charge in [0, 0.05) is 17.5 Å². The third kappa shape index (κ3) is 2.26. The molecule has 1 fully saturated rings. The number of nitrogens with zero attached hydrogens (tertiary/aromatic N) is 1. The molecule has 1 heterocycles. The van der Waals surface area contributed by atoms with Gasteiger partial charge in [0.25, 0.3) is 0 Å². The van der Waals surface area contributed by atoms with Crippen molar-refractivity contribution in [3.05, 3.63) is 23.3 Å². The summed E-state index contributed by atoms with van der Waals surface area (Å²) in [7, 11) is 1.60. The summed E-state index contributed by atoms with van der Waals surface area (Å²) < 4.78 is 11.2. The fourth-order valence-corrected chi connectivity index (χ4v) is 3.60. The van der Waals surface area contributed by atoms with Gasteiger partial charge < -0.3 is 14.6 Å². The van der Waals surface area contributed by atoms with Crippen molar-refractivity contribution in [2.75, 3.05) is 7.11 Å². The summed E-state index contributed by atoms with van der Waals surface area (Å²) in [5.41, 5.74) is 1.09. The average molecular weight is 287 g/mol. The fourth-order valence-electron chi connectivity index (χ4n) is 3.60. The van der Waals surface area contributed by atoms with Gasteiger partial charge in [-0.3, -0.25) is 0 Å². The van der Waals surface area contributed by atoms with Crippen LogP contribution in [0.15, 0.2) is 12.1 Å². The molecule has 0 aromatic heterocycles. The SMILES string of the molecule is COc1cc2c(cc1C(O)C1(C#N)CCCC1)OC(C)C2. The molecule has 3 rings (SSSR count). The van der Waals surface area contributed by atoms with Crippen molar-refractivity contribution in [2.24, 2.45) is 5.41 Å². The highest BCUT2D eigenvalue weighted by atomic mass is 16.5. The van der Waals surface area contributed by atoms with Crippen molar-refractivity contribution in [1.82, 2.24) is 0 Å². The summed E-state index contributed by atoms with van der Waals surface area (Å²) in [4.78, 5) is 0. The molecule has 1 aromatic carbocycles.